The minimum Gasteiger partial charge on any atom is -0.328 e. The van der Waals surface area contributed by atoms with Gasteiger partial charge in [-0.25, -0.2) is 4.98 Å². The Bertz CT molecular complexity index is 485. The topological polar surface area (TPSA) is 29.9 Å². The molecule has 112 valence electrons. The summed E-state index contributed by atoms with van der Waals surface area (Å²) in [4.78, 5) is 4.99. The summed E-state index contributed by atoms with van der Waals surface area (Å²) in [6.07, 6.45) is 6.57. The quantitative estimate of drug-likeness (QED) is 0.890. The van der Waals surface area contributed by atoms with Crippen molar-refractivity contribution in [2.45, 2.75) is 78.3 Å². The zero-order valence-corrected chi connectivity index (χ0v) is 13.5. The molecular weight excluding hydrogens is 246 g/mol. The standard InChI is InChI=1S/C17H29N3/c1-12(2)16-19-13-11-18-10-8-14(13)20(16)15-7-5-6-9-17(15,3)4/h12,15,18H,5-11H2,1-4H3. The Kier molecular flexibility index (Phi) is 3.65. The van der Waals surface area contributed by atoms with Crippen molar-refractivity contribution in [2.75, 3.05) is 6.54 Å². The van der Waals surface area contributed by atoms with E-state index in [2.05, 4.69) is 37.6 Å². The summed E-state index contributed by atoms with van der Waals surface area (Å²) in [7, 11) is 0. The average molecular weight is 275 g/mol. The fourth-order valence-electron chi connectivity index (χ4n) is 4.06. The smallest absolute Gasteiger partial charge is 0.112 e. The normalized spacial score (nSPS) is 25.8. The number of aromatic nitrogens is 2. The van der Waals surface area contributed by atoms with Gasteiger partial charge in [0.1, 0.15) is 5.82 Å². The van der Waals surface area contributed by atoms with Crippen LogP contribution in [-0.2, 0) is 13.0 Å². The van der Waals surface area contributed by atoms with Crippen LogP contribution in [0.3, 0.4) is 0 Å². The van der Waals surface area contributed by atoms with E-state index in [1.165, 1.54) is 42.9 Å². The molecule has 1 aliphatic carbocycles. The number of hydrogen-bond donors (Lipinski definition) is 1. The second-order valence-corrected chi connectivity index (χ2v) is 7.57. The molecule has 3 heteroatoms. The van der Waals surface area contributed by atoms with Crippen molar-refractivity contribution in [1.82, 2.24) is 14.9 Å². The Morgan fingerprint density at radius 2 is 2.10 bits per heavy atom. The minimum absolute atomic E-state index is 0.404. The molecule has 1 N–H and O–H groups in total. The SMILES string of the molecule is CC(C)c1nc2c(n1C1CCCCC1(C)C)CCNC2. The third kappa shape index (κ3) is 2.30. The molecule has 0 spiro atoms. The van der Waals surface area contributed by atoms with Crippen LogP contribution in [0.25, 0.3) is 0 Å². The molecule has 1 atom stereocenters. The predicted octanol–water partition coefficient (Wildman–Crippen LogP) is 3.79. The lowest BCUT2D eigenvalue weighted by atomic mass is 9.73. The van der Waals surface area contributed by atoms with Gasteiger partial charge in [0.15, 0.2) is 0 Å². The van der Waals surface area contributed by atoms with Gasteiger partial charge >= 0.3 is 0 Å². The van der Waals surface area contributed by atoms with Crippen LogP contribution in [0.15, 0.2) is 0 Å². The molecule has 1 aliphatic heterocycles. The Morgan fingerprint density at radius 1 is 1.30 bits per heavy atom. The first-order valence-electron chi connectivity index (χ1n) is 8.31. The average Bonchev–Trinajstić information content (AvgIpc) is 2.78. The number of fused-ring (bicyclic) bond motifs is 1. The highest BCUT2D eigenvalue weighted by Gasteiger charge is 2.37. The van der Waals surface area contributed by atoms with Gasteiger partial charge in [0, 0.05) is 37.2 Å². The molecule has 3 rings (SSSR count). The number of imidazole rings is 1. The third-order valence-electron chi connectivity index (χ3n) is 5.23. The maximum atomic E-state index is 4.99. The van der Waals surface area contributed by atoms with Gasteiger partial charge in [-0.1, -0.05) is 40.5 Å². The monoisotopic (exact) mass is 275 g/mol. The molecule has 1 fully saturated rings. The zero-order valence-electron chi connectivity index (χ0n) is 13.5. The van der Waals surface area contributed by atoms with Gasteiger partial charge in [0.25, 0.3) is 0 Å². The second-order valence-electron chi connectivity index (χ2n) is 7.57. The summed E-state index contributed by atoms with van der Waals surface area (Å²) >= 11 is 0. The van der Waals surface area contributed by atoms with Crippen molar-refractivity contribution < 1.29 is 0 Å². The lowest BCUT2D eigenvalue weighted by Crippen LogP contribution is -2.34. The van der Waals surface area contributed by atoms with Crippen molar-refractivity contribution in [3.63, 3.8) is 0 Å². The molecule has 0 aromatic carbocycles. The molecule has 1 aromatic heterocycles. The Balaban J connectivity index is 2.08. The first-order valence-corrected chi connectivity index (χ1v) is 8.31. The fraction of sp³-hybridized carbons (Fsp3) is 0.824. The van der Waals surface area contributed by atoms with Gasteiger partial charge in [-0.3, -0.25) is 0 Å². The number of nitrogens with one attached hydrogen (secondary N) is 1. The van der Waals surface area contributed by atoms with Gasteiger partial charge in [-0.05, 0) is 18.3 Å². The molecule has 1 aromatic rings. The van der Waals surface area contributed by atoms with Crippen LogP contribution in [0.5, 0.6) is 0 Å². The summed E-state index contributed by atoms with van der Waals surface area (Å²) in [6, 6.07) is 0.642. The Labute approximate surface area is 123 Å². The largest absolute Gasteiger partial charge is 0.328 e. The summed E-state index contributed by atoms with van der Waals surface area (Å²) in [5.74, 6) is 1.83. The molecule has 0 saturated heterocycles. The van der Waals surface area contributed by atoms with E-state index in [4.69, 9.17) is 4.98 Å². The molecule has 0 amide bonds. The molecule has 0 radical (unpaired) electrons. The van der Waals surface area contributed by atoms with Crippen LogP contribution in [0.4, 0.5) is 0 Å². The lowest BCUT2D eigenvalue weighted by Gasteiger charge is -2.41. The highest BCUT2D eigenvalue weighted by atomic mass is 15.2. The first kappa shape index (κ1) is 14.1. The molecule has 2 heterocycles. The van der Waals surface area contributed by atoms with E-state index in [0.717, 1.165) is 19.5 Å². The second kappa shape index (κ2) is 5.18. The van der Waals surface area contributed by atoms with E-state index in [0.29, 0.717) is 17.4 Å². The minimum atomic E-state index is 0.404. The number of rotatable bonds is 2. The van der Waals surface area contributed by atoms with Crippen LogP contribution in [0.1, 0.15) is 82.6 Å². The van der Waals surface area contributed by atoms with Gasteiger partial charge in [-0.2, -0.15) is 0 Å². The molecule has 2 aliphatic rings. The van der Waals surface area contributed by atoms with Crippen LogP contribution in [0.2, 0.25) is 0 Å². The third-order valence-corrected chi connectivity index (χ3v) is 5.23. The van der Waals surface area contributed by atoms with E-state index >= 15 is 0 Å². The predicted molar refractivity (Wildman–Crippen MR) is 83.0 cm³/mol. The van der Waals surface area contributed by atoms with Crippen molar-refractivity contribution in [1.29, 1.82) is 0 Å². The molecule has 1 saturated carbocycles. The highest BCUT2D eigenvalue weighted by Crippen LogP contribution is 2.46. The number of hydrogen-bond acceptors (Lipinski definition) is 2. The van der Waals surface area contributed by atoms with Gasteiger partial charge in [0.2, 0.25) is 0 Å². The molecule has 3 nitrogen and oxygen atoms in total. The molecule has 1 unspecified atom stereocenters. The molecule has 20 heavy (non-hydrogen) atoms. The van der Waals surface area contributed by atoms with Crippen LogP contribution < -0.4 is 5.32 Å². The van der Waals surface area contributed by atoms with Crippen molar-refractivity contribution >= 4 is 0 Å². The van der Waals surface area contributed by atoms with Gasteiger partial charge in [-0.15, -0.1) is 0 Å². The van der Waals surface area contributed by atoms with E-state index in [9.17, 15) is 0 Å². The van der Waals surface area contributed by atoms with Crippen LogP contribution in [-0.4, -0.2) is 16.1 Å². The zero-order chi connectivity index (χ0) is 14.3. The van der Waals surface area contributed by atoms with Gasteiger partial charge < -0.3 is 9.88 Å². The van der Waals surface area contributed by atoms with Crippen molar-refractivity contribution in [2.24, 2.45) is 5.41 Å². The van der Waals surface area contributed by atoms with E-state index in [1.807, 2.05) is 0 Å². The molecule has 0 bridgehead atoms. The Hall–Kier alpha value is -0.830. The Morgan fingerprint density at radius 3 is 2.80 bits per heavy atom. The maximum Gasteiger partial charge on any atom is 0.112 e. The highest BCUT2D eigenvalue weighted by molar-refractivity contribution is 5.23. The first-order chi connectivity index (χ1) is 9.50. The van der Waals surface area contributed by atoms with E-state index in [-0.39, 0.29) is 0 Å². The molecular formula is C17H29N3. The van der Waals surface area contributed by atoms with E-state index < -0.39 is 0 Å². The summed E-state index contributed by atoms with van der Waals surface area (Å²) in [6.45, 7) is 11.5. The summed E-state index contributed by atoms with van der Waals surface area (Å²) in [5.41, 5.74) is 3.23. The summed E-state index contributed by atoms with van der Waals surface area (Å²) in [5, 5.41) is 3.47. The van der Waals surface area contributed by atoms with Crippen LogP contribution >= 0.6 is 0 Å². The van der Waals surface area contributed by atoms with Crippen molar-refractivity contribution in [3.05, 3.63) is 17.2 Å². The van der Waals surface area contributed by atoms with Crippen molar-refractivity contribution in [3.8, 4) is 0 Å². The maximum absolute atomic E-state index is 4.99. The van der Waals surface area contributed by atoms with Gasteiger partial charge in [0.05, 0.1) is 5.69 Å². The summed E-state index contributed by atoms with van der Waals surface area (Å²) < 4.78 is 2.65. The lowest BCUT2D eigenvalue weighted by molar-refractivity contribution is 0.137. The number of nitrogens with zero attached hydrogens (tertiary/aromatic N) is 2. The fourth-order valence-corrected chi connectivity index (χ4v) is 4.06. The van der Waals surface area contributed by atoms with Crippen LogP contribution in [0, 0.1) is 5.41 Å². The van der Waals surface area contributed by atoms with E-state index in [1.54, 1.807) is 0 Å².